The van der Waals surface area contributed by atoms with Crippen LogP contribution in [-0.4, -0.2) is 39.9 Å². The van der Waals surface area contributed by atoms with Gasteiger partial charge in [0, 0.05) is 6.04 Å². The molecule has 0 aromatic heterocycles. The first-order chi connectivity index (χ1) is 10.0. The van der Waals surface area contributed by atoms with Gasteiger partial charge in [-0.3, -0.25) is 4.79 Å². The van der Waals surface area contributed by atoms with E-state index in [9.17, 15) is 4.79 Å². The van der Waals surface area contributed by atoms with Gasteiger partial charge in [-0.15, -0.1) is 0 Å². The Bertz CT molecular complexity index is 462. The maximum atomic E-state index is 11.4. The lowest BCUT2D eigenvalue weighted by Gasteiger charge is -2.19. The van der Waals surface area contributed by atoms with Gasteiger partial charge in [0.05, 0.1) is 27.2 Å². The van der Waals surface area contributed by atoms with E-state index in [1.807, 2.05) is 32.0 Å². The molecule has 2 unspecified atom stereocenters. The summed E-state index contributed by atoms with van der Waals surface area (Å²) in [7, 11) is 4.66. The molecule has 5 heteroatoms. The van der Waals surface area contributed by atoms with Crippen LogP contribution in [0.4, 0.5) is 0 Å². The molecule has 0 amide bonds. The number of carbonyl (C=O) groups is 1. The van der Waals surface area contributed by atoms with Crippen LogP contribution >= 0.6 is 0 Å². The lowest BCUT2D eigenvalue weighted by Crippen LogP contribution is -2.37. The summed E-state index contributed by atoms with van der Waals surface area (Å²) in [6.07, 6.45) is 0.846. The van der Waals surface area contributed by atoms with Gasteiger partial charge >= 0.3 is 5.97 Å². The largest absolute Gasteiger partial charge is 0.493 e. The zero-order valence-corrected chi connectivity index (χ0v) is 13.4. The van der Waals surface area contributed by atoms with Crippen LogP contribution in [0.2, 0.25) is 0 Å². The van der Waals surface area contributed by atoms with Crippen molar-refractivity contribution >= 4 is 5.97 Å². The number of carbonyl (C=O) groups excluding carboxylic acids is 1. The van der Waals surface area contributed by atoms with Crippen LogP contribution in [-0.2, 0) is 16.0 Å². The Morgan fingerprint density at radius 1 is 1.14 bits per heavy atom. The summed E-state index contributed by atoms with van der Waals surface area (Å²) in [5.41, 5.74) is 1.15. The summed E-state index contributed by atoms with van der Waals surface area (Å²) in [6.45, 7) is 4.62. The van der Waals surface area contributed by atoms with Crippen LogP contribution < -0.4 is 14.8 Å². The van der Waals surface area contributed by atoms with Crippen molar-refractivity contribution in [2.45, 2.75) is 26.3 Å². The highest BCUT2D eigenvalue weighted by Crippen LogP contribution is 2.27. The van der Waals surface area contributed by atoms with Crippen molar-refractivity contribution in [1.29, 1.82) is 0 Å². The molecule has 0 fully saturated rings. The molecule has 0 aliphatic rings. The molecule has 1 rings (SSSR count). The van der Waals surface area contributed by atoms with E-state index in [2.05, 4.69) is 5.32 Å². The average molecular weight is 295 g/mol. The summed E-state index contributed by atoms with van der Waals surface area (Å²) < 4.78 is 15.2. The van der Waals surface area contributed by atoms with Gasteiger partial charge in [-0.25, -0.2) is 0 Å². The van der Waals surface area contributed by atoms with Crippen molar-refractivity contribution in [2.75, 3.05) is 27.9 Å². The summed E-state index contributed by atoms with van der Waals surface area (Å²) in [5.74, 6) is 1.09. The molecule has 1 N–H and O–H groups in total. The molecule has 0 aliphatic carbocycles. The quantitative estimate of drug-likeness (QED) is 0.744. The fraction of sp³-hybridized carbons (Fsp3) is 0.562. The Morgan fingerprint density at radius 2 is 1.81 bits per heavy atom. The van der Waals surface area contributed by atoms with Crippen molar-refractivity contribution in [3.63, 3.8) is 0 Å². The Hall–Kier alpha value is -1.75. The minimum Gasteiger partial charge on any atom is -0.493 e. The number of hydrogen-bond acceptors (Lipinski definition) is 5. The van der Waals surface area contributed by atoms with E-state index < -0.39 is 0 Å². The second-order valence-corrected chi connectivity index (χ2v) is 4.99. The lowest BCUT2D eigenvalue weighted by atomic mass is 10.0. The van der Waals surface area contributed by atoms with E-state index in [0.717, 1.165) is 30.0 Å². The molecular weight excluding hydrogens is 270 g/mol. The predicted octanol–water partition coefficient (Wildman–Crippen LogP) is 2.03. The first-order valence-corrected chi connectivity index (χ1v) is 7.05. The fourth-order valence-electron chi connectivity index (χ4n) is 2.05. The van der Waals surface area contributed by atoms with Crippen LogP contribution in [0, 0.1) is 5.92 Å². The molecule has 0 heterocycles. The van der Waals surface area contributed by atoms with Crippen LogP contribution in [0.1, 0.15) is 19.4 Å². The first-order valence-electron chi connectivity index (χ1n) is 7.05. The lowest BCUT2D eigenvalue weighted by molar-refractivity contribution is -0.145. The molecule has 118 valence electrons. The summed E-state index contributed by atoms with van der Waals surface area (Å²) in [4.78, 5) is 11.4. The van der Waals surface area contributed by atoms with Gasteiger partial charge in [-0.2, -0.15) is 0 Å². The van der Waals surface area contributed by atoms with E-state index in [1.54, 1.807) is 14.2 Å². The third-order valence-electron chi connectivity index (χ3n) is 3.65. The van der Waals surface area contributed by atoms with E-state index in [4.69, 9.17) is 14.2 Å². The average Bonchev–Trinajstić information content (AvgIpc) is 2.52. The normalized spacial score (nSPS) is 13.4. The molecule has 1 aromatic carbocycles. The van der Waals surface area contributed by atoms with Crippen molar-refractivity contribution in [3.05, 3.63) is 23.8 Å². The number of esters is 1. The monoisotopic (exact) mass is 295 g/mol. The Balaban J connectivity index is 2.50. The third kappa shape index (κ3) is 4.93. The van der Waals surface area contributed by atoms with Crippen LogP contribution in [0.25, 0.3) is 0 Å². The second-order valence-electron chi connectivity index (χ2n) is 4.99. The van der Waals surface area contributed by atoms with Gasteiger partial charge in [0.25, 0.3) is 0 Å². The third-order valence-corrected chi connectivity index (χ3v) is 3.65. The van der Waals surface area contributed by atoms with E-state index in [-0.39, 0.29) is 17.9 Å². The highest BCUT2D eigenvalue weighted by atomic mass is 16.5. The van der Waals surface area contributed by atoms with Crippen molar-refractivity contribution in [1.82, 2.24) is 5.32 Å². The topological polar surface area (TPSA) is 56.8 Å². The number of ether oxygens (including phenoxy) is 3. The molecule has 0 saturated carbocycles. The van der Waals surface area contributed by atoms with Crippen LogP contribution in [0.15, 0.2) is 18.2 Å². The highest BCUT2D eigenvalue weighted by molar-refractivity contribution is 5.72. The standard InChI is InChI=1S/C16H25NO4/c1-11(16(18)21-5)12(2)17-9-8-13-6-7-14(19-3)15(10-13)20-4/h6-7,10-12,17H,8-9H2,1-5H3. The number of benzene rings is 1. The molecule has 21 heavy (non-hydrogen) atoms. The van der Waals surface area contributed by atoms with Gasteiger partial charge in [0.2, 0.25) is 0 Å². The van der Waals surface area contributed by atoms with Gasteiger partial charge in [-0.05, 0) is 37.6 Å². The SMILES string of the molecule is COC(=O)C(C)C(C)NCCc1ccc(OC)c(OC)c1. The number of hydrogen-bond donors (Lipinski definition) is 1. The Labute approximate surface area is 126 Å². The van der Waals surface area contributed by atoms with Gasteiger partial charge in [0.15, 0.2) is 11.5 Å². The molecule has 0 aliphatic heterocycles. The summed E-state index contributed by atoms with van der Waals surface area (Å²) in [6, 6.07) is 5.94. The first kappa shape index (κ1) is 17.3. The number of nitrogens with one attached hydrogen (secondary N) is 1. The number of methoxy groups -OCH3 is 3. The van der Waals surface area contributed by atoms with E-state index >= 15 is 0 Å². The van der Waals surface area contributed by atoms with Crippen molar-refractivity contribution in [3.8, 4) is 11.5 Å². The molecule has 5 nitrogen and oxygen atoms in total. The maximum Gasteiger partial charge on any atom is 0.309 e. The summed E-state index contributed by atoms with van der Waals surface area (Å²) >= 11 is 0. The molecule has 0 saturated heterocycles. The molecule has 0 radical (unpaired) electrons. The summed E-state index contributed by atoms with van der Waals surface area (Å²) in [5, 5.41) is 3.34. The Kier molecular flexibility index (Phi) is 7.02. The smallest absolute Gasteiger partial charge is 0.309 e. The minimum atomic E-state index is -0.193. The predicted molar refractivity (Wildman–Crippen MR) is 81.9 cm³/mol. The van der Waals surface area contributed by atoms with E-state index in [0.29, 0.717) is 0 Å². The molecule has 0 bridgehead atoms. The van der Waals surface area contributed by atoms with E-state index in [1.165, 1.54) is 7.11 Å². The van der Waals surface area contributed by atoms with Crippen LogP contribution in [0.3, 0.4) is 0 Å². The molecule has 1 aromatic rings. The van der Waals surface area contributed by atoms with Crippen LogP contribution in [0.5, 0.6) is 11.5 Å². The Morgan fingerprint density at radius 3 is 2.38 bits per heavy atom. The van der Waals surface area contributed by atoms with Crippen molar-refractivity contribution in [2.24, 2.45) is 5.92 Å². The fourth-order valence-corrected chi connectivity index (χ4v) is 2.05. The molecular formula is C16H25NO4. The zero-order valence-electron chi connectivity index (χ0n) is 13.4. The number of rotatable bonds is 8. The molecule has 2 atom stereocenters. The van der Waals surface area contributed by atoms with Gasteiger partial charge < -0.3 is 19.5 Å². The van der Waals surface area contributed by atoms with Gasteiger partial charge in [0.1, 0.15) is 0 Å². The molecule has 0 spiro atoms. The zero-order chi connectivity index (χ0) is 15.8. The second kappa shape index (κ2) is 8.52. The minimum absolute atomic E-state index is 0.0672. The highest BCUT2D eigenvalue weighted by Gasteiger charge is 2.19. The van der Waals surface area contributed by atoms with Gasteiger partial charge in [-0.1, -0.05) is 13.0 Å². The van der Waals surface area contributed by atoms with Crippen molar-refractivity contribution < 1.29 is 19.0 Å². The maximum absolute atomic E-state index is 11.4.